The lowest BCUT2D eigenvalue weighted by Crippen LogP contribution is -2.47. The second kappa shape index (κ2) is 7.74. The summed E-state index contributed by atoms with van der Waals surface area (Å²) in [6, 6.07) is 14.4. The van der Waals surface area contributed by atoms with Gasteiger partial charge in [0.15, 0.2) is 0 Å². The van der Waals surface area contributed by atoms with Crippen molar-refractivity contribution in [3.05, 3.63) is 61.1 Å². The van der Waals surface area contributed by atoms with Crippen LogP contribution in [0.2, 0.25) is 0 Å². The normalized spacial score (nSPS) is 14.5. The maximum atomic E-state index is 4.89. The molecule has 0 atom stereocenters. The average molecular weight is 363 g/mol. The molecule has 0 bridgehead atoms. The predicted octanol–water partition coefficient (Wildman–Crippen LogP) is 3.59. The number of hydrogen-bond donors (Lipinski definition) is 0. The van der Waals surface area contributed by atoms with Crippen molar-refractivity contribution >= 4 is 23.4 Å². The van der Waals surface area contributed by atoms with Crippen LogP contribution in [0.5, 0.6) is 0 Å². The molecular formula is C20H21N5S. The molecule has 3 heterocycles. The van der Waals surface area contributed by atoms with E-state index in [0.29, 0.717) is 0 Å². The summed E-state index contributed by atoms with van der Waals surface area (Å²) in [5.41, 5.74) is 2.07. The summed E-state index contributed by atoms with van der Waals surface area (Å²) in [6.45, 7) is 3.70. The molecule has 1 aliphatic heterocycles. The molecule has 4 rings (SSSR count). The fourth-order valence-corrected chi connectivity index (χ4v) is 3.81. The average Bonchev–Trinajstić information content (AvgIpc) is 2.74. The van der Waals surface area contributed by atoms with Crippen LogP contribution in [-0.4, -0.2) is 47.4 Å². The first-order chi connectivity index (χ1) is 12.8. The van der Waals surface area contributed by atoms with E-state index in [9.17, 15) is 0 Å². The van der Waals surface area contributed by atoms with Crippen LogP contribution in [0.4, 0.5) is 11.6 Å². The number of hydrogen-bond acceptors (Lipinski definition) is 6. The van der Waals surface area contributed by atoms with Crippen molar-refractivity contribution in [2.75, 3.05) is 42.2 Å². The third kappa shape index (κ3) is 3.51. The van der Waals surface area contributed by atoms with Crippen LogP contribution in [0.15, 0.2) is 66.0 Å². The quantitative estimate of drug-likeness (QED) is 0.660. The van der Waals surface area contributed by atoms with Gasteiger partial charge in [-0.05, 0) is 24.5 Å². The van der Waals surface area contributed by atoms with Gasteiger partial charge in [-0.2, -0.15) is 0 Å². The summed E-state index contributed by atoms with van der Waals surface area (Å²) in [6.07, 6.45) is 7.65. The van der Waals surface area contributed by atoms with E-state index in [0.717, 1.165) is 49.1 Å². The molecule has 1 aromatic carbocycles. The minimum absolute atomic E-state index is 0.916. The van der Waals surface area contributed by atoms with Crippen LogP contribution < -0.4 is 9.80 Å². The number of benzene rings is 1. The van der Waals surface area contributed by atoms with Gasteiger partial charge in [0, 0.05) is 42.8 Å². The highest BCUT2D eigenvalue weighted by Crippen LogP contribution is 2.29. The Bertz CT molecular complexity index is 863. The maximum absolute atomic E-state index is 4.89. The van der Waals surface area contributed by atoms with E-state index >= 15 is 0 Å². The molecule has 3 aromatic rings. The van der Waals surface area contributed by atoms with E-state index in [-0.39, 0.29) is 0 Å². The largest absolute Gasteiger partial charge is 0.353 e. The molecule has 0 N–H and O–H groups in total. The van der Waals surface area contributed by atoms with E-state index in [4.69, 9.17) is 4.98 Å². The van der Waals surface area contributed by atoms with Gasteiger partial charge in [-0.15, -0.1) is 11.8 Å². The number of anilines is 2. The third-order valence-electron chi connectivity index (χ3n) is 4.58. The molecule has 0 amide bonds. The lowest BCUT2D eigenvalue weighted by atomic mass is 10.1. The molecule has 6 heteroatoms. The number of piperazine rings is 1. The minimum Gasteiger partial charge on any atom is -0.353 e. The van der Waals surface area contributed by atoms with Gasteiger partial charge in [-0.3, -0.25) is 4.98 Å². The van der Waals surface area contributed by atoms with Crippen molar-refractivity contribution in [1.29, 1.82) is 0 Å². The van der Waals surface area contributed by atoms with E-state index in [1.807, 2.05) is 30.7 Å². The second-order valence-electron chi connectivity index (χ2n) is 6.12. The smallest absolute Gasteiger partial charge is 0.147 e. The van der Waals surface area contributed by atoms with E-state index < -0.39 is 0 Å². The molecule has 1 saturated heterocycles. The van der Waals surface area contributed by atoms with Gasteiger partial charge < -0.3 is 9.80 Å². The van der Waals surface area contributed by atoms with Crippen molar-refractivity contribution in [3.8, 4) is 11.3 Å². The van der Waals surface area contributed by atoms with Crippen molar-refractivity contribution < 1.29 is 0 Å². The Morgan fingerprint density at radius 1 is 0.846 bits per heavy atom. The molecule has 26 heavy (non-hydrogen) atoms. The maximum Gasteiger partial charge on any atom is 0.147 e. The summed E-state index contributed by atoms with van der Waals surface area (Å²) in [5.74, 6) is 1.99. The molecule has 1 aliphatic rings. The summed E-state index contributed by atoms with van der Waals surface area (Å²) in [5, 5.41) is 0. The first-order valence-electron chi connectivity index (χ1n) is 8.71. The molecule has 0 aliphatic carbocycles. The van der Waals surface area contributed by atoms with Gasteiger partial charge in [0.2, 0.25) is 0 Å². The molecule has 0 spiro atoms. The molecular weight excluding hydrogens is 342 g/mol. The molecule has 5 nitrogen and oxygen atoms in total. The molecule has 0 unspecified atom stereocenters. The van der Waals surface area contributed by atoms with Crippen LogP contribution in [-0.2, 0) is 0 Å². The Labute approximate surface area is 158 Å². The zero-order valence-corrected chi connectivity index (χ0v) is 15.6. The lowest BCUT2D eigenvalue weighted by Gasteiger charge is -2.36. The van der Waals surface area contributed by atoms with Crippen LogP contribution in [0.25, 0.3) is 11.3 Å². The second-order valence-corrected chi connectivity index (χ2v) is 6.97. The van der Waals surface area contributed by atoms with Crippen molar-refractivity contribution in [1.82, 2.24) is 15.0 Å². The van der Waals surface area contributed by atoms with Crippen LogP contribution in [0, 0.1) is 0 Å². The third-order valence-corrected chi connectivity index (χ3v) is 5.38. The zero-order valence-electron chi connectivity index (χ0n) is 14.7. The van der Waals surface area contributed by atoms with Crippen molar-refractivity contribution in [2.45, 2.75) is 4.90 Å². The molecule has 132 valence electrons. The van der Waals surface area contributed by atoms with Gasteiger partial charge in [0.1, 0.15) is 11.6 Å². The Morgan fingerprint density at radius 3 is 2.31 bits per heavy atom. The van der Waals surface area contributed by atoms with Gasteiger partial charge >= 0.3 is 0 Å². The summed E-state index contributed by atoms with van der Waals surface area (Å²) in [7, 11) is 0. The minimum atomic E-state index is 0.916. The Balaban J connectivity index is 1.51. The highest BCUT2D eigenvalue weighted by atomic mass is 32.2. The number of aromatic nitrogens is 3. The molecule has 0 radical (unpaired) electrons. The van der Waals surface area contributed by atoms with Crippen molar-refractivity contribution in [2.24, 2.45) is 0 Å². The first kappa shape index (κ1) is 16.8. The van der Waals surface area contributed by atoms with E-state index in [1.54, 1.807) is 11.8 Å². The Morgan fingerprint density at radius 2 is 1.58 bits per heavy atom. The summed E-state index contributed by atoms with van der Waals surface area (Å²) < 4.78 is 0. The van der Waals surface area contributed by atoms with Crippen LogP contribution in [0.1, 0.15) is 0 Å². The first-order valence-corrected chi connectivity index (χ1v) is 9.94. The Kier molecular flexibility index (Phi) is 5.02. The van der Waals surface area contributed by atoms with Crippen LogP contribution >= 0.6 is 11.8 Å². The molecule has 0 saturated carbocycles. The highest BCUT2D eigenvalue weighted by Gasteiger charge is 2.19. The fourth-order valence-electron chi connectivity index (χ4n) is 3.20. The zero-order chi connectivity index (χ0) is 17.8. The Hall–Kier alpha value is -2.60. The fraction of sp³-hybridized carbons (Fsp3) is 0.250. The standard InChI is InChI=1S/C20H21N5S/c1-26-18-7-3-2-6-16(18)17-14-21-15-20(23-17)25-12-10-24(11-13-25)19-8-4-5-9-22-19/h2-9,14-15H,10-13H2,1H3. The SMILES string of the molecule is CSc1ccccc1-c1cncc(N2CCN(c3ccccn3)CC2)n1. The van der Waals surface area contributed by atoms with E-state index in [1.165, 1.54) is 4.90 Å². The van der Waals surface area contributed by atoms with Gasteiger partial charge in [0.25, 0.3) is 0 Å². The molecule has 1 fully saturated rings. The number of nitrogens with zero attached hydrogens (tertiary/aromatic N) is 5. The molecule has 2 aromatic heterocycles. The topological polar surface area (TPSA) is 45.2 Å². The van der Waals surface area contributed by atoms with Gasteiger partial charge in [-0.1, -0.05) is 24.3 Å². The number of rotatable bonds is 4. The van der Waals surface area contributed by atoms with E-state index in [2.05, 4.69) is 56.4 Å². The monoisotopic (exact) mass is 363 g/mol. The predicted molar refractivity (Wildman–Crippen MR) is 108 cm³/mol. The number of thioether (sulfide) groups is 1. The van der Waals surface area contributed by atoms with Crippen LogP contribution in [0.3, 0.4) is 0 Å². The highest BCUT2D eigenvalue weighted by molar-refractivity contribution is 7.98. The summed E-state index contributed by atoms with van der Waals surface area (Å²) in [4.78, 5) is 19.6. The summed E-state index contributed by atoms with van der Waals surface area (Å²) >= 11 is 1.73. The van der Waals surface area contributed by atoms with Crippen molar-refractivity contribution in [3.63, 3.8) is 0 Å². The van der Waals surface area contributed by atoms with Gasteiger partial charge in [-0.25, -0.2) is 9.97 Å². The van der Waals surface area contributed by atoms with Gasteiger partial charge in [0.05, 0.1) is 18.1 Å². The number of pyridine rings is 1. The lowest BCUT2D eigenvalue weighted by molar-refractivity contribution is 0.641.